The van der Waals surface area contributed by atoms with Crippen molar-refractivity contribution in [2.24, 2.45) is 0 Å². The quantitative estimate of drug-likeness (QED) is 0.402. The van der Waals surface area contributed by atoms with E-state index in [0.717, 1.165) is 52.8 Å². The summed E-state index contributed by atoms with van der Waals surface area (Å²) in [6.07, 6.45) is 4.56. The monoisotopic (exact) mass is 547 g/mol. The number of nitrogens with zero attached hydrogens (tertiary/aromatic N) is 2. The van der Waals surface area contributed by atoms with Crippen LogP contribution in [-0.4, -0.2) is 36.2 Å². The van der Waals surface area contributed by atoms with E-state index >= 15 is 0 Å². The van der Waals surface area contributed by atoms with Gasteiger partial charge < -0.3 is 5.32 Å². The van der Waals surface area contributed by atoms with Crippen LogP contribution in [0.3, 0.4) is 0 Å². The number of carbonyl (C=O) groups is 1. The minimum Gasteiger partial charge on any atom is -0.325 e. The summed E-state index contributed by atoms with van der Waals surface area (Å²) in [5.74, 6) is -0.354. The van der Waals surface area contributed by atoms with Gasteiger partial charge in [-0.25, -0.2) is 13.4 Å². The van der Waals surface area contributed by atoms with Crippen molar-refractivity contribution in [2.45, 2.75) is 50.0 Å². The first-order valence-corrected chi connectivity index (χ1v) is 14.0. The average molecular weight is 549 g/mol. The van der Waals surface area contributed by atoms with Gasteiger partial charge in [0.05, 0.1) is 22.1 Å². The maximum absolute atomic E-state index is 13.5. The summed E-state index contributed by atoms with van der Waals surface area (Å²) in [5.41, 5.74) is 2.38. The molecule has 1 N–H and O–H groups in total. The van der Waals surface area contributed by atoms with Gasteiger partial charge in [0.25, 0.3) is 0 Å². The molecule has 0 unspecified atom stereocenters. The van der Waals surface area contributed by atoms with Gasteiger partial charge in [-0.3, -0.25) is 4.79 Å². The van der Waals surface area contributed by atoms with Gasteiger partial charge in [-0.05, 0) is 56.2 Å². The molecule has 174 valence electrons. The molecule has 1 aliphatic carbocycles. The van der Waals surface area contributed by atoms with Crippen LogP contribution in [-0.2, 0) is 14.8 Å². The number of anilines is 1. The molecule has 0 aliphatic heterocycles. The van der Waals surface area contributed by atoms with Gasteiger partial charge in [0.1, 0.15) is 0 Å². The lowest BCUT2D eigenvalue weighted by Crippen LogP contribution is -2.45. The molecular weight excluding hydrogens is 522 g/mol. The number of benzene rings is 2. The summed E-state index contributed by atoms with van der Waals surface area (Å²) in [7, 11) is -3.81. The van der Waals surface area contributed by atoms with Gasteiger partial charge in [0, 0.05) is 27.1 Å². The average Bonchev–Trinajstić information content (AvgIpc) is 3.25. The third kappa shape index (κ3) is 5.90. The highest BCUT2D eigenvalue weighted by Crippen LogP contribution is 2.29. The summed E-state index contributed by atoms with van der Waals surface area (Å²) in [6.45, 7) is 1.73. The molecule has 1 aromatic heterocycles. The van der Waals surface area contributed by atoms with E-state index in [1.807, 2.05) is 30.5 Å². The van der Waals surface area contributed by atoms with Gasteiger partial charge in [-0.2, -0.15) is 4.31 Å². The first-order chi connectivity index (χ1) is 15.8. The van der Waals surface area contributed by atoms with E-state index in [1.54, 1.807) is 41.7 Å². The van der Waals surface area contributed by atoms with Crippen LogP contribution >= 0.6 is 27.3 Å². The van der Waals surface area contributed by atoms with Crippen molar-refractivity contribution in [2.75, 3.05) is 11.9 Å². The minimum absolute atomic E-state index is 0.178. The molecule has 1 aliphatic rings. The predicted molar refractivity (Wildman–Crippen MR) is 136 cm³/mol. The zero-order chi connectivity index (χ0) is 23.4. The Bertz CT molecular complexity index is 1220. The van der Waals surface area contributed by atoms with E-state index < -0.39 is 10.0 Å². The number of thiazole rings is 1. The number of hydrogen-bond donors (Lipinski definition) is 1. The summed E-state index contributed by atoms with van der Waals surface area (Å²) in [4.78, 5) is 17.7. The lowest BCUT2D eigenvalue weighted by Gasteiger charge is -2.33. The van der Waals surface area contributed by atoms with Crippen LogP contribution in [0.2, 0.25) is 0 Å². The summed E-state index contributed by atoms with van der Waals surface area (Å²) in [6, 6.07) is 13.8. The molecule has 0 radical (unpaired) electrons. The Labute approximate surface area is 207 Å². The van der Waals surface area contributed by atoms with Crippen LogP contribution in [0.15, 0.2) is 63.3 Å². The fourth-order valence-electron chi connectivity index (χ4n) is 4.12. The first kappa shape index (κ1) is 24.1. The topological polar surface area (TPSA) is 79.4 Å². The fraction of sp³-hybridized carbons (Fsp3) is 0.333. The molecule has 0 atom stereocenters. The van der Waals surface area contributed by atoms with Crippen LogP contribution in [0.25, 0.3) is 11.3 Å². The van der Waals surface area contributed by atoms with E-state index in [0.29, 0.717) is 5.69 Å². The second-order valence-electron chi connectivity index (χ2n) is 8.18. The number of rotatable bonds is 7. The molecule has 6 nitrogen and oxygen atoms in total. The predicted octanol–water partition coefficient (Wildman–Crippen LogP) is 5.84. The van der Waals surface area contributed by atoms with Gasteiger partial charge in [-0.15, -0.1) is 11.3 Å². The molecular formula is C24H26BrN3O3S2. The largest absolute Gasteiger partial charge is 0.325 e. The van der Waals surface area contributed by atoms with Crippen molar-refractivity contribution in [3.63, 3.8) is 0 Å². The van der Waals surface area contributed by atoms with Crippen LogP contribution in [0.5, 0.6) is 0 Å². The van der Waals surface area contributed by atoms with Crippen LogP contribution < -0.4 is 5.32 Å². The third-order valence-electron chi connectivity index (χ3n) is 5.76. The maximum Gasteiger partial charge on any atom is 0.243 e. The molecule has 1 fully saturated rings. The van der Waals surface area contributed by atoms with Gasteiger partial charge in [0.2, 0.25) is 15.9 Å². The van der Waals surface area contributed by atoms with Crippen LogP contribution in [0.1, 0.15) is 37.1 Å². The molecule has 2 aromatic carbocycles. The summed E-state index contributed by atoms with van der Waals surface area (Å²) < 4.78 is 29.2. The van der Waals surface area contributed by atoms with E-state index in [2.05, 4.69) is 26.2 Å². The number of halogens is 1. The molecule has 1 amide bonds. The maximum atomic E-state index is 13.5. The minimum atomic E-state index is -3.81. The van der Waals surface area contributed by atoms with Crippen molar-refractivity contribution in [1.82, 2.24) is 9.29 Å². The standard InChI is InChI=1S/C24H26BrN3O3S2/c1-17-26-23(16-32-17)18-6-5-7-20(14-18)27-24(29)15-28(21-8-3-2-4-9-21)33(30,31)22-12-10-19(25)11-13-22/h5-7,10-14,16,21H,2-4,8-9,15H2,1H3,(H,27,29). The molecule has 0 saturated heterocycles. The van der Waals surface area contributed by atoms with Gasteiger partial charge in [-0.1, -0.05) is 47.3 Å². The first-order valence-electron chi connectivity index (χ1n) is 10.9. The van der Waals surface area contributed by atoms with Crippen molar-refractivity contribution in [3.05, 3.63) is 63.4 Å². The second-order valence-corrected chi connectivity index (χ2v) is 12.0. The molecule has 1 saturated carbocycles. The van der Waals surface area contributed by atoms with Crippen molar-refractivity contribution in [1.29, 1.82) is 0 Å². The van der Waals surface area contributed by atoms with Gasteiger partial charge in [0.15, 0.2) is 0 Å². The molecule has 1 heterocycles. The number of aromatic nitrogens is 1. The number of sulfonamides is 1. The number of hydrogen-bond acceptors (Lipinski definition) is 5. The molecule has 0 bridgehead atoms. The van der Waals surface area contributed by atoms with E-state index in [9.17, 15) is 13.2 Å². The van der Waals surface area contributed by atoms with E-state index in [-0.39, 0.29) is 23.4 Å². The highest BCUT2D eigenvalue weighted by Gasteiger charge is 2.34. The van der Waals surface area contributed by atoms with Gasteiger partial charge >= 0.3 is 0 Å². The van der Waals surface area contributed by atoms with Crippen LogP contribution in [0, 0.1) is 6.92 Å². The second kappa shape index (κ2) is 10.5. The Balaban J connectivity index is 1.55. The van der Waals surface area contributed by atoms with Crippen LogP contribution in [0.4, 0.5) is 5.69 Å². The number of carbonyl (C=O) groups excluding carboxylic acids is 1. The van der Waals surface area contributed by atoms with E-state index in [4.69, 9.17) is 0 Å². The molecule has 9 heteroatoms. The third-order valence-corrected chi connectivity index (χ3v) is 8.98. The Kier molecular flexibility index (Phi) is 7.63. The summed E-state index contributed by atoms with van der Waals surface area (Å²) >= 11 is 4.92. The smallest absolute Gasteiger partial charge is 0.243 e. The SMILES string of the molecule is Cc1nc(-c2cccc(NC(=O)CN(C3CCCCC3)S(=O)(=O)c3ccc(Br)cc3)c2)cs1. The molecule has 4 rings (SSSR count). The normalized spacial score (nSPS) is 15.0. The zero-order valence-corrected chi connectivity index (χ0v) is 21.5. The fourth-order valence-corrected chi connectivity index (χ4v) is 6.64. The highest BCUT2D eigenvalue weighted by atomic mass is 79.9. The van der Waals surface area contributed by atoms with Crippen molar-refractivity contribution >= 4 is 48.9 Å². The Morgan fingerprint density at radius 3 is 2.55 bits per heavy atom. The number of aryl methyl sites for hydroxylation is 1. The number of amides is 1. The lowest BCUT2D eigenvalue weighted by atomic mass is 9.95. The van der Waals surface area contributed by atoms with Crippen molar-refractivity contribution in [3.8, 4) is 11.3 Å². The lowest BCUT2D eigenvalue weighted by molar-refractivity contribution is -0.116. The Hall–Kier alpha value is -2.07. The molecule has 0 spiro atoms. The summed E-state index contributed by atoms with van der Waals surface area (Å²) in [5, 5.41) is 5.84. The number of nitrogens with one attached hydrogen (secondary N) is 1. The van der Waals surface area contributed by atoms with E-state index in [1.165, 1.54) is 4.31 Å². The molecule has 33 heavy (non-hydrogen) atoms. The highest BCUT2D eigenvalue weighted by molar-refractivity contribution is 9.10. The van der Waals surface area contributed by atoms with Crippen molar-refractivity contribution < 1.29 is 13.2 Å². The zero-order valence-electron chi connectivity index (χ0n) is 18.3. The molecule has 3 aromatic rings. The Morgan fingerprint density at radius 1 is 1.15 bits per heavy atom. The Morgan fingerprint density at radius 2 is 1.88 bits per heavy atom.